The van der Waals surface area contributed by atoms with Gasteiger partial charge in [0, 0.05) is 23.6 Å². The first-order valence-electron chi connectivity index (χ1n) is 10.3. The van der Waals surface area contributed by atoms with E-state index >= 15 is 0 Å². The van der Waals surface area contributed by atoms with Gasteiger partial charge in [-0.15, -0.1) is 0 Å². The van der Waals surface area contributed by atoms with Gasteiger partial charge in [0.15, 0.2) is 0 Å². The molecular weight excluding hydrogens is 335 g/mol. The van der Waals surface area contributed by atoms with Gasteiger partial charge in [-0.25, -0.2) is 4.39 Å². The Balaban J connectivity index is 1.15. The predicted molar refractivity (Wildman–Crippen MR) is 108 cm³/mol. The molecule has 2 heterocycles. The van der Waals surface area contributed by atoms with Gasteiger partial charge in [-0.3, -0.25) is 0 Å². The molecule has 3 heteroatoms. The molecule has 0 bridgehead atoms. The molecule has 1 aliphatic heterocycles. The summed E-state index contributed by atoms with van der Waals surface area (Å²) in [6.45, 7) is 3.65. The molecule has 27 heavy (non-hydrogen) atoms. The average molecular weight is 362 g/mol. The molecule has 2 fully saturated rings. The minimum atomic E-state index is -0.138. The lowest BCUT2D eigenvalue weighted by Crippen LogP contribution is -2.35. The number of aromatic nitrogens is 1. The van der Waals surface area contributed by atoms with Crippen molar-refractivity contribution in [2.45, 2.75) is 31.6 Å². The van der Waals surface area contributed by atoms with Crippen LogP contribution < -0.4 is 0 Å². The summed E-state index contributed by atoms with van der Waals surface area (Å²) < 4.78 is 13.6. The number of likely N-dealkylation sites (tertiary alicyclic amines) is 1. The van der Waals surface area contributed by atoms with Crippen molar-refractivity contribution in [3.05, 3.63) is 71.7 Å². The molecule has 0 unspecified atom stereocenters. The molecule has 0 spiro atoms. The molecule has 0 radical (unpaired) electrons. The van der Waals surface area contributed by atoms with Crippen molar-refractivity contribution >= 4 is 10.9 Å². The molecule has 1 N–H and O–H groups in total. The number of hydrogen-bond acceptors (Lipinski definition) is 1. The average Bonchev–Trinajstić information content (AvgIpc) is 3.32. The van der Waals surface area contributed by atoms with E-state index in [-0.39, 0.29) is 5.82 Å². The van der Waals surface area contributed by atoms with E-state index in [1.165, 1.54) is 62.5 Å². The summed E-state index contributed by atoms with van der Waals surface area (Å²) in [5, 5.41) is 1.07. The van der Waals surface area contributed by atoms with Gasteiger partial charge in [-0.05, 0) is 85.9 Å². The van der Waals surface area contributed by atoms with Crippen LogP contribution in [-0.2, 0) is 6.42 Å². The van der Waals surface area contributed by atoms with Crippen molar-refractivity contribution in [3.63, 3.8) is 0 Å². The molecule has 2 nitrogen and oxygen atoms in total. The lowest BCUT2D eigenvalue weighted by molar-refractivity contribution is 0.177. The van der Waals surface area contributed by atoms with Crippen molar-refractivity contribution in [2.75, 3.05) is 19.6 Å². The van der Waals surface area contributed by atoms with E-state index in [0.717, 1.165) is 22.7 Å². The second-order valence-electron chi connectivity index (χ2n) is 8.47. The highest BCUT2D eigenvalue weighted by Crippen LogP contribution is 2.50. The number of benzene rings is 2. The Hall–Kier alpha value is -2.13. The van der Waals surface area contributed by atoms with Crippen LogP contribution in [0.25, 0.3) is 10.9 Å². The first-order chi connectivity index (χ1) is 13.3. The molecule has 3 aromatic rings. The molecule has 140 valence electrons. The number of hydrogen-bond donors (Lipinski definition) is 1. The fraction of sp³-hybridized carbons (Fsp3) is 0.417. The fourth-order valence-electron chi connectivity index (χ4n) is 4.90. The monoisotopic (exact) mass is 362 g/mol. The van der Waals surface area contributed by atoms with Crippen LogP contribution in [0.15, 0.2) is 54.7 Å². The maximum atomic E-state index is 13.6. The molecule has 1 saturated heterocycles. The van der Waals surface area contributed by atoms with Crippen LogP contribution in [0, 0.1) is 17.7 Å². The minimum absolute atomic E-state index is 0.138. The smallest absolute Gasteiger partial charge is 0.123 e. The highest BCUT2D eigenvalue weighted by atomic mass is 19.1. The zero-order valence-electron chi connectivity index (χ0n) is 15.7. The number of nitrogens with one attached hydrogen (secondary N) is 1. The van der Waals surface area contributed by atoms with Gasteiger partial charge in [0.1, 0.15) is 5.82 Å². The maximum absolute atomic E-state index is 13.6. The van der Waals surface area contributed by atoms with E-state index in [9.17, 15) is 4.39 Å². The third kappa shape index (κ3) is 3.66. The molecule has 5 rings (SSSR count). The Labute approximate surface area is 160 Å². The number of rotatable bonds is 5. The van der Waals surface area contributed by atoms with E-state index in [0.29, 0.717) is 5.92 Å². The molecule has 2 aromatic carbocycles. The molecule has 2 atom stereocenters. The van der Waals surface area contributed by atoms with E-state index in [1.54, 1.807) is 6.07 Å². The van der Waals surface area contributed by atoms with Crippen molar-refractivity contribution in [3.8, 4) is 0 Å². The van der Waals surface area contributed by atoms with Crippen molar-refractivity contribution < 1.29 is 4.39 Å². The van der Waals surface area contributed by atoms with Crippen LogP contribution in [0.2, 0.25) is 0 Å². The number of H-pyrrole nitrogens is 1. The molecule has 1 aromatic heterocycles. The van der Waals surface area contributed by atoms with Gasteiger partial charge in [-0.1, -0.05) is 30.3 Å². The first-order valence-corrected chi connectivity index (χ1v) is 10.3. The highest BCUT2D eigenvalue weighted by Gasteiger charge is 2.41. The van der Waals surface area contributed by atoms with Crippen molar-refractivity contribution in [1.29, 1.82) is 0 Å². The predicted octanol–water partition coefficient (Wildman–Crippen LogP) is 5.37. The second-order valence-corrected chi connectivity index (χ2v) is 8.47. The molecule has 0 amide bonds. The Morgan fingerprint density at radius 1 is 1.04 bits per heavy atom. The normalized spacial score (nSPS) is 23.7. The number of aromatic amines is 1. The summed E-state index contributed by atoms with van der Waals surface area (Å²) in [7, 11) is 0. The van der Waals surface area contributed by atoms with Gasteiger partial charge in [0.25, 0.3) is 0 Å². The Morgan fingerprint density at radius 2 is 1.85 bits per heavy atom. The van der Waals surface area contributed by atoms with Crippen LogP contribution in [-0.4, -0.2) is 29.5 Å². The van der Waals surface area contributed by atoms with E-state index in [1.807, 2.05) is 6.07 Å². The van der Waals surface area contributed by atoms with Gasteiger partial charge in [0.2, 0.25) is 0 Å². The van der Waals surface area contributed by atoms with Crippen LogP contribution in [0.5, 0.6) is 0 Å². The zero-order chi connectivity index (χ0) is 18.2. The van der Waals surface area contributed by atoms with Gasteiger partial charge in [-0.2, -0.15) is 0 Å². The lowest BCUT2D eigenvalue weighted by atomic mass is 9.90. The number of fused-ring (bicyclic) bond motifs is 1. The van der Waals surface area contributed by atoms with Crippen LogP contribution in [0.4, 0.5) is 4.39 Å². The van der Waals surface area contributed by atoms with Crippen molar-refractivity contribution in [2.24, 2.45) is 11.8 Å². The molecule has 1 aliphatic carbocycles. The van der Waals surface area contributed by atoms with Gasteiger partial charge < -0.3 is 9.88 Å². The third-order valence-electron chi connectivity index (χ3n) is 6.56. The quantitative estimate of drug-likeness (QED) is 0.647. The van der Waals surface area contributed by atoms with Gasteiger partial charge in [0.05, 0.1) is 0 Å². The van der Waals surface area contributed by atoms with Crippen molar-refractivity contribution in [1.82, 2.24) is 9.88 Å². The zero-order valence-corrected chi connectivity index (χ0v) is 15.7. The largest absolute Gasteiger partial charge is 0.361 e. The lowest BCUT2D eigenvalue weighted by Gasteiger charge is -2.32. The minimum Gasteiger partial charge on any atom is -0.361 e. The van der Waals surface area contributed by atoms with Crippen LogP contribution in [0.1, 0.15) is 36.3 Å². The molecular formula is C24H27FN2. The SMILES string of the molecule is Fc1ccc2[nH]cc([C@@H]3C[C@H]3CN3CCC(Cc4ccccc4)CC3)c2c1. The third-order valence-corrected chi connectivity index (χ3v) is 6.56. The summed E-state index contributed by atoms with van der Waals surface area (Å²) in [5.74, 6) is 2.02. The van der Waals surface area contributed by atoms with Crippen LogP contribution in [0.3, 0.4) is 0 Å². The fourth-order valence-corrected chi connectivity index (χ4v) is 4.90. The Morgan fingerprint density at radius 3 is 2.67 bits per heavy atom. The van der Waals surface area contributed by atoms with Crippen LogP contribution >= 0.6 is 0 Å². The topological polar surface area (TPSA) is 19.0 Å². The molecule has 2 aliphatic rings. The first kappa shape index (κ1) is 17.0. The summed E-state index contributed by atoms with van der Waals surface area (Å²) in [5.41, 5.74) is 3.84. The van der Waals surface area contributed by atoms with E-state index in [2.05, 4.69) is 46.4 Å². The standard InChI is InChI=1S/C24H27FN2/c25-20-6-7-24-22(14-20)23(15-26-24)21-13-19(21)16-27-10-8-18(9-11-27)12-17-4-2-1-3-5-17/h1-7,14-15,18-19,21,26H,8-13,16H2/t19-,21+/m0/s1. The second kappa shape index (κ2) is 7.12. The summed E-state index contributed by atoms with van der Waals surface area (Å²) in [4.78, 5) is 5.96. The number of piperidine rings is 1. The van der Waals surface area contributed by atoms with Gasteiger partial charge >= 0.3 is 0 Å². The molecule has 1 saturated carbocycles. The summed E-state index contributed by atoms with van der Waals surface area (Å²) in [6, 6.07) is 16.0. The summed E-state index contributed by atoms with van der Waals surface area (Å²) in [6.07, 6.45) is 7.19. The summed E-state index contributed by atoms with van der Waals surface area (Å²) >= 11 is 0. The number of halogens is 1. The van der Waals surface area contributed by atoms with E-state index in [4.69, 9.17) is 0 Å². The highest BCUT2D eigenvalue weighted by molar-refractivity contribution is 5.84. The Bertz CT molecular complexity index is 909. The Kier molecular flexibility index (Phi) is 4.48. The van der Waals surface area contributed by atoms with E-state index < -0.39 is 0 Å². The number of nitrogens with zero attached hydrogens (tertiary/aromatic N) is 1. The maximum Gasteiger partial charge on any atom is 0.123 e.